The van der Waals surface area contributed by atoms with Crippen LogP contribution in [0.3, 0.4) is 0 Å². The number of rotatable bonds is 10. The van der Waals surface area contributed by atoms with Gasteiger partial charge in [-0.1, -0.05) is 63.3 Å². The Labute approximate surface area is 214 Å². The Hall–Kier alpha value is -3.73. The predicted octanol–water partition coefficient (Wildman–Crippen LogP) is 7.42. The fourth-order valence-electron chi connectivity index (χ4n) is 4.19. The third kappa shape index (κ3) is 6.09. The van der Waals surface area contributed by atoms with E-state index in [0.29, 0.717) is 24.7 Å². The van der Waals surface area contributed by atoms with Crippen molar-refractivity contribution in [2.45, 2.75) is 52.7 Å². The normalized spacial score (nSPS) is 11.8. The molecule has 0 saturated heterocycles. The maximum atomic E-state index is 6.17. The van der Waals surface area contributed by atoms with E-state index in [1.807, 2.05) is 55.5 Å². The molecule has 4 aromatic rings. The molecule has 0 aliphatic heterocycles. The molecule has 0 N–H and O–H groups in total. The van der Waals surface area contributed by atoms with Crippen LogP contribution >= 0.6 is 0 Å². The quantitative estimate of drug-likeness (QED) is 0.220. The lowest BCUT2D eigenvalue weighted by Gasteiger charge is -2.19. The molecule has 3 aromatic carbocycles. The first kappa shape index (κ1) is 25.4. The highest BCUT2D eigenvalue weighted by atomic mass is 16.5. The van der Waals surface area contributed by atoms with Gasteiger partial charge in [-0.25, -0.2) is 4.98 Å². The number of aryl methyl sites for hydroxylation is 1. The van der Waals surface area contributed by atoms with Crippen LogP contribution in [-0.4, -0.2) is 23.3 Å². The molecule has 0 atom stereocenters. The van der Waals surface area contributed by atoms with Gasteiger partial charge >= 0.3 is 0 Å². The second-order valence-corrected chi connectivity index (χ2v) is 9.84. The van der Waals surface area contributed by atoms with Gasteiger partial charge in [-0.05, 0) is 66.3 Å². The van der Waals surface area contributed by atoms with E-state index >= 15 is 0 Å². The van der Waals surface area contributed by atoms with Gasteiger partial charge in [-0.2, -0.15) is 0 Å². The van der Waals surface area contributed by atoms with Crippen molar-refractivity contribution in [2.75, 3.05) is 13.7 Å². The summed E-state index contributed by atoms with van der Waals surface area (Å²) in [4.78, 5) is 4.84. The number of fused-ring (bicyclic) bond motifs is 1. The Morgan fingerprint density at radius 2 is 1.69 bits per heavy atom. The van der Waals surface area contributed by atoms with Gasteiger partial charge in [0.15, 0.2) is 11.5 Å². The molecule has 0 aliphatic rings. The zero-order valence-electron chi connectivity index (χ0n) is 22.0. The molecule has 188 valence electrons. The summed E-state index contributed by atoms with van der Waals surface area (Å²) in [5, 5.41) is 0. The number of para-hydroxylation sites is 2. The highest BCUT2D eigenvalue weighted by Gasteiger charge is 2.14. The number of benzene rings is 3. The molecule has 5 heteroatoms. The van der Waals surface area contributed by atoms with Crippen molar-refractivity contribution in [1.82, 2.24) is 9.55 Å². The fraction of sp³-hybridized carbons (Fsp3) is 0.323. The number of ether oxygens (including phenoxy) is 3. The summed E-state index contributed by atoms with van der Waals surface area (Å²) in [5.74, 6) is 3.19. The van der Waals surface area contributed by atoms with E-state index < -0.39 is 0 Å². The average molecular weight is 485 g/mol. The minimum Gasteiger partial charge on any atom is -0.494 e. The first-order valence-electron chi connectivity index (χ1n) is 12.5. The van der Waals surface area contributed by atoms with E-state index in [4.69, 9.17) is 19.2 Å². The van der Waals surface area contributed by atoms with Gasteiger partial charge in [-0.3, -0.25) is 0 Å². The third-order valence-corrected chi connectivity index (χ3v) is 6.15. The highest BCUT2D eigenvalue weighted by molar-refractivity contribution is 5.75. The summed E-state index contributed by atoms with van der Waals surface area (Å²) < 4.78 is 20.0. The molecule has 0 aliphatic carbocycles. The Bertz CT molecular complexity index is 1310. The van der Waals surface area contributed by atoms with Crippen LogP contribution in [0.25, 0.3) is 17.1 Å². The van der Waals surface area contributed by atoms with Crippen molar-refractivity contribution in [2.24, 2.45) is 0 Å². The summed E-state index contributed by atoms with van der Waals surface area (Å²) in [5.41, 5.74) is 4.57. The van der Waals surface area contributed by atoms with E-state index in [0.717, 1.165) is 41.1 Å². The average Bonchev–Trinajstić information content (AvgIpc) is 3.23. The lowest BCUT2D eigenvalue weighted by atomic mass is 9.87. The van der Waals surface area contributed by atoms with Crippen LogP contribution in [0.2, 0.25) is 0 Å². The first-order valence-corrected chi connectivity index (χ1v) is 12.5. The van der Waals surface area contributed by atoms with Crippen molar-refractivity contribution in [3.63, 3.8) is 0 Å². The number of hydrogen-bond donors (Lipinski definition) is 0. The number of methoxy groups -OCH3 is 1. The Balaban J connectivity index is 1.43. The van der Waals surface area contributed by atoms with Gasteiger partial charge in [0, 0.05) is 6.54 Å². The molecule has 0 saturated carbocycles. The lowest BCUT2D eigenvalue weighted by molar-refractivity contribution is 0.267. The lowest BCUT2D eigenvalue weighted by Crippen LogP contribution is -2.11. The molecule has 0 unspecified atom stereocenters. The molecule has 0 radical (unpaired) electrons. The summed E-state index contributed by atoms with van der Waals surface area (Å²) in [6.07, 6.45) is 4.89. The minimum atomic E-state index is 0.137. The first-order chi connectivity index (χ1) is 17.4. The summed E-state index contributed by atoms with van der Waals surface area (Å²) in [7, 11) is 1.66. The third-order valence-electron chi connectivity index (χ3n) is 6.15. The largest absolute Gasteiger partial charge is 0.494 e. The molecule has 5 nitrogen and oxygen atoms in total. The molecule has 0 fully saturated rings. The maximum Gasteiger partial charge on any atom is 0.161 e. The van der Waals surface area contributed by atoms with Gasteiger partial charge in [0.1, 0.15) is 18.2 Å². The summed E-state index contributed by atoms with van der Waals surface area (Å²) >= 11 is 0. The smallest absolute Gasteiger partial charge is 0.161 e. The molecule has 0 amide bonds. The van der Waals surface area contributed by atoms with Gasteiger partial charge in [0.25, 0.3) is 0 Å². The second-order valence-electron chi connectivity index (χ2n) is 9.84. The minimum absolute atomic E-state index is 0.137. The van der Waals surface area contributed by atoms with Crippen LogP contribution in [0.5, 0.6) is 17.2 Å². The second kappa shape index (κ2) is 11.3. The molecular formula is C31H36N2O3. The molecule has 0 bridgehead atoms. The maximum absolute atomic E-state index is 6.17. The number of hydrogen-bond acceptors (Lipinski definition) is 4. The molecule has 0 spiro atoms. The Morgan fingerprint density at radius 1 is 0.917 bits per heavy atom. The van der Waals surface area contributed by atoms with Crippen LogP contribution < -0.4 is 14.2 Å². The van der Waals surface area contributed by atoms with Crippen LogP contribution in [0.15, 0.2) is 72.8 Å². The van der Waals surface area contributed by atoms with Crippen molar-refractivity contribution >= 4 is 17.1 Å². The van der Waals surface area contributed by atoms with Gasteiger partial charge in [0.2, 0.25) is 0 Å². The molecular weight excluding hydrogens is 448 g/mol. The number of allylic oxidation sites excluding steroid dienone is 1. The van der Waals surface area contributed by atoms with Gasteiger partial charge in [-0.15, -0.1) is 0 Å². The van der Waals surface area contributed by atoms with Crippen LogP contribution in [0.1, 0.15) is 51.1 Å². The molecule has 1 heterocycles. The van der Waals surface area contributed by atoms with Crippen molar-refractivity contribution < 1.29 is 14.2 Å². The van der Waals surface area contributed by atoms with E-state index in [9.17, 15) is 0 Å². The van der Waals surface area contributed by atoms with Gasteiger partial charge in [0.05, 0.1) is 24.8 Å². The number of imidazole rings is 1. The Morgan fingerprint density at radius 3 is 2.42 bits per heavy atom. The zero-order valence-corrected chi connectivity index (χ0v) is 22.0. The Kier molecular flexibility index (Phi) is 7.99. The highest BCUT2D eigenvalue weighted by Crippen LogP contribution is 2.30. The summed E-state index contributed by atoms with van der Waals surface area (Å²) in [6, 6.07) is 22.5. The molecule has 1 aromatic heterocycles. The molecule has 4 rings (SSSR count). The van der Waals surface area contributed by atoms with Crippen molar-refractivity contribution in [3.8, 4) is 17.2 Å². The van der Waals surface area contributed by atoms with Crippen molar-refractivity contribution in [1.29, 1.82) is 0 Å². The van der Waals surface area contributed by atoms with Crippen LogP contribution in [0, 0.1) is 0 Å². The number of nitrogens with zero attached hydrogens (tertiary/aromatic N) is 2. The zero-order chi connectivity index (χ0) is 25.5. The van der Waals surface area contributed by atoms with E-state index in [2.05, 4.69) is 55.7 Å². The van der Waals surface area contributed by atoms with Crippen LogP contribution in [-0.2, 0) is 18.6 Å². The standard InChI is InChI=1S/C31H36N2O3/c1-6-10-23-13-18-28(29(21-23)34-5)36-22-30-32-26-11-7-8-12-27(26)33(30)19-9-20-35-25-16-14-24(15-17-25)31(2,3)4/h6-8,10-18,21H,9,19-20,22H2,1-5H3/b10-6-. The predicted molar refractivity (Wildman–Crippen MR) is 147 cm³/mol. The fourth-order valence-corrected chi connectivity index (χ4v) is 4.19. The topological polar surface area (TPSA) is 45.5 Å². The molecule has 36 heavy (non-hydrogen) atoms. The number of aromatic nitrogens is 2. The van der Waals surface area contributed by atoms with E-state index in [-0.39, 0.29) is 5.41 Å². The summed E-state index contributed by atoms with van der Waals surface area (Å²) in [6.45, 7) is 10.4. The van der Waals surface area contributed by atoms with Gasteiger partial charge < -0.3 is 18.8 Å². The monoisotopic (exact) mass is 484 g/mol. The van der Waals surface area contributed by atoms with E-state index in [1.54, 1.807) is 7.11 Å². The SMILES string of the molecule is C/C=C\c1ccc(OCc2nc3ccccc3n2CCCOc2ccc(C(C)(C)C)cc2)c(OC)c1. The van der Waals surface area contributed by atoms with E-state index in [1.165, 1.54) is 5.56 Å². The van der Waals surface area contributed by atoms with Crippen LogP contribution in [0.4, 0.5) is 0 Å². The van der Waals surface area contributed by atoms with Crippen molar-refractivity contribution in [3.05, 3.63) is 89.8 Å².